The number of aryl methyl sites for hydroxylation is 1. The van der Waals surface area contributed by atoms with Crippen LogP contribution in [-0.2, 0) is 7.05 Å². The van der Waals surface area contributed by atoms with E-state index in [4.69, 9.17) is 5.73 Å². The zero-order valence-corrected chi connectivity index (χ0v) is 8.20. The fourth-order valence-electron chi connectivity index (χ4n) is 2.97. The Morgan fingerprint density at radius 3 is 2.57 bits per heavy atom. The van der Waals surface area contributed by atoms with E-state index in [2.05, 4.69) is 5.10 Å². The summed E-state index contributed by atoms with van der Waals surface area (Å²) in [7, 11) is 1.69. The summed E-state index contributed by atoms with van der Waals surface area (Å²) in [6.45, 7) is 0. The van der Waals surface area contributed by atoms with E-state index in [1.54, 1.807) is 7.05 Å². The number of nitrogens with zero attached hydrogens (tertiary/aromatic N) is 2. The standard InChI is InChI=1S/C10H14FN3/c1-14-10(12)8(11)9(13-14)7-5-3-2-4-6(5)7/h5-7H,2-4,12H2,1H3. The molecule has 76 valence electrons. The van der Waals surface area contributed by atoms with E-state index >= 15 is 0 Å². The van der Waals surface area contributed by atoms with Crippen molar-refractivity contribution in [2.45, 2.75) is 25.2 Å². The van der Waals surface area contributed by atoms with E-state index in [1.807, 2.05) is 0 Å². The summed E-state index contributed by atoms with van der Waals surface area (Å²) in [5, 5.41) is 4.17. The smallest absolute Gasteiger partial charge is 0.188 e. The van der Waals surface area contributed by atoms with Crippen molar-refractivity contribution in [1.29, 1.82) is 0 Å². The molecule has 3 rings (SSSR count). The third-order valence-electron chi connectivity index (χ3n) is 3.78. The van der Waals surface area contributed by atoms with E-state index < -0.39 is 0 Å². The number of hydrogen-bond donors (Lipinski definition) is 1. The van der Waals surface area contributed by atoms with Crippen molar-refractivity contribution in [3.05, 3.63) is 11.5 Å². The number of fused-ring (bicyclic) bond motifs is 1. The van der Waals surface area contributed by atoms with Gasteiger partial charge in [-0.15, -0.1) is 0 Å². The lowest BCUT2D eigenvalue weighted by Crippen LogP contribution is -1.98. The molecule has 1 heterocycles. The number of halogens is 1. The second kappa shape index (κ2) is 2.49. The molecule has 2 atom stereocenters. The highest BCUT2D eigenvalue weighted by Gasteiger charge is 2.55. The van der Waals surface area contributed by atoms with Crippen LogP contribution in [0, 0.1) is 17.7 Å². The Hall–Kier alpha value is -1.06. The van der Waals surface area contributed by atoms with E-state index in [1.165, 1.54) is 23.9 Å². The van der Waals surface area contributed by atoms with E-state index in [9.17, 15) is 4.39 Å². The zero-order chi connectivity index (χ0) is 9.87. The number of hydrogen-bond acceptors (Lipinski definition) is 2. The normalized spacial score (nSPS) is 34.6. The molecule has 2 fully saturated rings. The van der Waals surface area contributed by atoms with Gasteiger partial charge >= 0.3 is 0 Å². The Morgan fingerprint density at radius 1 is 1.43 bits per heavy atom. The minimum absolute atomic E-state index is 0.171. The van der Waals surface area contributed by atoms with Gasteiger partial charge in [0.15, 0.2) is 11.6 Å². The summed E-state index contributed by atoms with van der Waals surface area (Å²) < 4.78 is 15.1. The Bertz CT molecular complexity index is 375. The second-order valence-electron chi connectivity index (χ2n) is 4.49. The van der Waals surface area contributed by atoms with Gasteiger partial charge in [0.1, 0.15) is 5.69 Å². The predicted octanol–water partition coefficient (Wildman–Crippen LogP) is 1.65. The van der Waals surface area contributed by atoms with Crippen LogP contribution in [0.15, 0.2) is 0 Å². The highest BCUT2D eigenvalue weighted by molar-refractivity contribution is 5.38. The molecule has 3 nitrogen and oxygen atoms in total. The molecule has 0 bridgehead atoms. The lowest BCUT2D eigenvalue weighted by Gasteiger charge is -1.98. The van der Waals surface area contributed by atoms with Gasteiger partial charge in [-0.05, 0) is 24.7 Å². The Labute approximate surface area is 82.1 Å². The Balaban J connectivity index is 1.95. The maximum atomic E-state index is 13.6. The van der Waals surface area contributed by atoms with Crippen molar-refractivity contribution in [1.82, 2.24) is 9.78 Å². The molecule has 4 heteroatoms. The monoisotopic (exact) mass is 195 g/mol. The Morgan fingerprint density at radius 2 is 2.07 bits per heavy atom. The van der Waals surface area contributed by atoms with E-state index in [0.717, 1.165) is 0 Å². The molecule has 1 aromatic heterocycles. The first-order valence-electron chi connectivity index (χ1n) is 5.18. The van der Waals surface area contributed by atoms with Gasteiger partial charge in [0, 0.05) is 13.0 Å². The van der Waals surface area contributed by atoms with Crippen molar-refractivity contribution in [2.75, 3.05) is 5.73 Å². The van der Waals surface area contributed by atoms with Gasteiger partial charge in [0.2, 0.25) is 0 Å². The lowest BCUT2D eigenvalue weighted by atomic mass is 10.1. The number of anilines is 1. The number of nitrogens with two attached hydrogens (primary N) is 1. The van der Waals surface area contributed by atoms with Gasteiger partial charge in [-0.1, -0.05) is 6.42 Å². The molecule has 2 aliphatic rings. The van der Waals surface area contributed by atoms with Crippen LogP contribution in [0.4, 0.5) is 10.2 Å². The van der Waals surface area contributed by atoms with Gasteiger partial charge in [0.25, 0.3) is 0 Å². The zero-order valence-electron chi connectivity index (χ0n) is 8.20. The van der Waals surface area contributed by atoms with Crippen LogP contribution in [0.1, 0.15) is 30.9 Å². The summed E-state index contributed by atoms with van der Waals surface area (Å²) in [4.78, 5) is 0. The molecule has 2 N–H and O–H groups in total. The molecule has 1 aromatic rings. The minimum Gasteiger partial charge on any atom is -0.381 e. The van der Waals surface area contributed by atoms with Crippen LogP contribution in [0.2, 0.25) is 0 Å². The fourth-order valence-corrected chi connectivity index (χ4v) is 2.97. The third-order valence-corrected chi connectivity index (χ3v) is 3.78. The van der Waals surface area contributed by atoms with E-state index in [0.29, 0.717) is 23.4 Å². The summed E-state index contributed by atoms with van der Waals surface area (Å²) >= 11 is 0. The van der Waals surface area contributed by atoms with Crippen LogP contribution >= 0.6 is 0 Å². The average Bonchev–Trinajstić information content (AvgIpc) is 2.55. The fraction of sp³-hybridized carbons (Fsp3) is 0.700. The van der Waals surface area contributed by atoms with Gasteiger partial charge in [-0.3, -0.25) is 4.68 Å². The second-order valence-corrected chi connectivity index (χ2v) is 4.49. The molecule has 0 aromatic carbocycles. The third kappa shape index (κ3) is 0.885. The van der Waals surface area contributed by atoms with E-state index in [-0.39, 0.29) is 11.6 Å². The SMILES string of the molecule is Cn1nc(C2C3CCCC32)c(F)c1N. The van der Waals surface area contributed by atoms with Crippen molar-refractivity contribution < 1.29 is 4.39 Å². The number of nitrogen functional groups attached to an aromatic ring is 1. The van der Waals surface area contributed by atoms with Gasteiger partial charge in [0.05, 0.1) is 0 Å². The molecule has 0 saturated heterocycles. The first-order valence-corrected chi connectivity index (χ1v) is 5.18. The number of aromatic nitrogens is 2. The van der Waals surface area contributed by atoms with Gasteiger partial charge in [-0.2, -0.15) is 5.10 Å². The molecule has 2 unspecified atom stereocenters. The van der Waals surface area contributed by atoms with Crippen molar-refractivity contribution in [2.24, 2.45) is 18.9 Å². The van der Waals surface area contributed by atoms with Crippen molar-refractivity contribution in [3.8, 4) is 0 Å². The molecular weight excluding hydrogens is 181 g/mol. The van der Waals surface area contributed by atoms with Gasteiger partial charge < -0.3 is 5.73 Å². The molecule has 0 radical (unpaired) electrons. The predicted molar refractivity (Wildman–Crippen MR) is 51.2 cm³/mol. The molecule has 0 aliphatic heterocycles. The maximum Gasteiger partial charge on any atom is 0.188 e. The Kier molecular flexibility index (Phi) is 1.47. The van der Waals surface area contributed by atoms with Crippen molar-refractivity contribution in [3.63, 3.8) is 0 Å². The highest BCUT2D eigenvalue weighted by atomic mass is 19.1. The topological polar surface area (TPSA) is 43.8 Å². The van der Waals surface area contributed by atoms with Crippen LogP contribution in [-0.4, -0.2) is 9.78 Å². The first kappa shape index (κ1) is 8.26. The van der Waals surface area contributed by atoms with Crippen LogP contribution in [0.3, 0.4) is 0 Å². The minimum atomic E-state index is -0.285. The van der Waals surface area contributed by atoms with Crippen molar-refractivity contribution >= 4 is 5.82 Å². The molecule has 2 aliphatic carbocycles. The quantitative estimate of drug-likeness (QED) is 0.740. The summed E-state index contributed by atoms with van der Waals surface area (Å²) in [6.07, 6.45) is 3.78. The molecule has 14 heavy (non-hydrogen) atoms. The van der Waals surface area contributed by atoms with Crippen LogP contribution in [0.25, 0.3) is 0 Å². The summed E-state index contributed by atoms with van der Waals surface area (Å²) in [6, 6.07) is 0. The molecule has 2 saturated carbocycles. The van der Waals surface area contributed by atoms with Crippen LogP contribution in [0.5, 0.6) is 0 Å². The average molecular weight is 195 g/mol. The maximum absolute atomic E-state index is 13.6. The molecule has 0 amide bonds. The highest BCUT2D eigenvalue weighted by Crippen LogP contribution is 2.63. The number of rotatable bonds is 1. The molecular formula is C10H14FN3. The summed E-state index contributed by atoms with van der Waals surface area (Å²) in [5.41, 5.74) is 6.15. The van der Waals surface area contributed by atoms with Crippen LogP contribution < -0.4 is 5.73 Å². The lowest BCUT2D eigenvalue weighted by molar-refractivity contribution is 0.589. The summed E-state index contributed by atoms with van der Waals surface area (Å²) in [5.74, 6) is 1.64. The largest absolute Gasteiger partial charge is 0.381 e. The first-order chi connectivity index (χ1) is 6.70. The van der Waals surface area contributed by atoms with Gasteiger partial charge in [-0.25, -0.2) is 4.39 Å². The molecule has 0 spiro atoms.